The predicted molar refractivity (Wildman–Crippen MR) is 71.9 cm³/mol. The van der Waals surface area contributed by atoms with Crippen LogP contribution in [0.1, 0.15) is 12.8 Å². The van der Waals surface area contributed by atoms with E-state index in [9.17, 15) is 4.79 Å². The van der Waals surface area contributed by atoms with Crippen molar-refractivity contribution in [3.8, 4) is 0 Å². The third-order valence-corrected chi connectivity index (χ3v) is 3.10. The molecular formula is C13H17ClN2O2. The van der Waals surface area contributed by atoms with E-state index in [1.165, 1.54) is 0 Å². The van der Waals surface area contributed by atoms with Gasteiger partial charge < -0.3 is 15.4 Å². The summed E-state index contributed by atoms with van der Waals surface area (Å²) in [7, 11) is 0. The van der Waals surface area contributed by atoms with E-state index in [1.54, 1.807) is 12.1 Å². The molecule has 0 spiro atoms. The van der Waals surface area contributed by atoms with Crippen molar-refractivity contribution in [2.45, 2.75) is 18.9 Å². The Labute approximate surface area is 112 Å². The van der Waals surface area contributed by atoms with Crippen LogP contribution >= 0.6 is 11.6 Å². The van der Waals surface area contributed by atoms with Crippen LogP contribution in [-0.2, 0) is 9.53 Å². The highest BCUT2D eigenvalue weighted by Crippen LogP contribution is 2.13. The molecule has 0 saturated carbocycles. The second-order valence-electron chi connectivity index (χ2n) is 4.30. The van der Waals surface area contributed by atoms with E-state index >= 15 is 0 Å². The first kappa shape index (κ1) is 13.2. The Bertz CT molecular complexity index is 388. The molecule has 4 nitrogen and oxygen atoms in total. The van der Waals surface area contributed by atoms with E-state index in [-0.39, 0.29) is 18.6 Å². The van der Waals surface area contributed by atoms with Gasteiger partial charge in [-0.3, -0.25) is 4.79 Å². The number of benzene rings is 1. The van der Waals surface area contributed by atoms with Crippen molar-refractivity contribution in [2.75, 3.05) is 25.0 Å². The molecule has 0 aliphatic carbocycles. The van der Waals surface area contributed by atoms with Gasteiger partial charge in [0.1, 0.15) is 0 Å². The summed E-state index contributed by atoms with van der Waals surface area (Å²) in [5, 5.41) is 6.57. The van der Waals surface area contributed by atoms with Crippen molar-refractivity contribution < 1.29 is 9.53 Å². The van der Waals surface area contributed by atoms with Crippen molar-refractivity contribution in [1.29, 1.82) is 0 Å². The number of hydrogen-bond donors (Lipinski definition) is 2. The number of anilines is 1. The maximum Gasteiger partial charge on any atom is 0.239 e. The number of carbonyl (C=O) groups excluding carboxylic acids is 1. The summed E-state index contributed by atoms with van der Waals surface area (Å²) in [6, 6.07) is 7.26. The quantitative estimate of drug-likeness (QED) is 0.859. The Morgan fingerprint density at radius 1 is 1.39 bits per heavy atom. The normalized spacial score (nSPS) is 18.6. The maximum atomic E-state index is 11.6. The number of amides is 1. The largest absolute Gasteiger partial charge is 0.376 e. The van der Waals surface area contributed by atoms with Crippen molar-refractivity contribution in [3.05, 3.63) is 29.3 Å². The number of carbonyl (C=O) groups is 1. The molecule has 1 heterocycles. The molecular weight excluding hydrogens is 252 g/mol. The summed E-state index contributed by atoms with van der Waals surface area (Å²) in [5.41, 5.74) is 0.881. The average molecular weight is 269 g/mol. The smallest absolute Gasteiger partial charge is 0.239 e. The van der Waals surface area contributed by atoms with E-state index in [2.05, 4.69) is 10.6 Å². The van der Waals surface area contributed by atoms with Crippen LogP contribution in [0.15, 0.2) is 24.3 Å². The minimum Gasteiger partial charge on any atom is -0.376 e. The highest BCUT2D eigenvalue weighted by atomic mass is 35.5. The fourth-order valence-electron chi connectivity index (χ4n) is 1.85. The zero-order valence-electron chi connectivity index (χ0n) is 10.1. The zero-order chi connectivity index (χ0) is 12.8. The Morgan fingerprint density at radius 2 is 2.17 bits per heavy atom. The number of halogens is 1. The molecule has 1 aromatic rings. The van der Waals surface area contributed by atoms with E-state index in [0.717, 1.165) is 25.1 Å². The van der Waals surface area contributed by atoms with E-state index in [0.29, 0.717) is 11.6 Å². The van der Waals surface area contributed by atoms with Gasteiger partial charge in [-0.25, -0.2) is 0 Å². The molecule has 18 heavy (non-hydrogen) atoms. The summed E-state index contributed by atoms with van der Waals surface area (Å²) >= 11 is 5.78. The molecule has 2 N–H and O–H groups in total. The predicted octanol–water partition coefficient (Wildman–Crippen LogP) is 2.05. The van der Waals surface area contributed by atoms with Gasteiger partial charge in [-0.2, -0.15) is 0 Å². The van der Waals surface area contributed by atoms with Crippen molar-refractivity contribution in [1.82, 2.24) is 5.32 Å². The van der Waals surface area contributed by atoms with E-state index in [4.69, 9.17) is 16.3 Å². The Balaban J connectivity index is 1.66. The molecule has 2 rings (SSSR count). The minimum atomic E-state index is -0.0274. The van der Waals surface area contributed by atoms with Gasteiger partial charge in [0, 0.05) is 23.9 Å². The summed E-state index contributed by atoms with van der Waals surface area (Å²) in [6.45, 7) is 1.67. The lowest BCUT2D eigenvalue weighted by Gasteiger charge is -2.11. The zero-order valence-corrected chi connectivity index (χ0v) is 10.9. The summed E-state index contributed by atoms with van der Waals surface area (Å²) < 4.78 is 5.43. The van der Waals surface area contributed by atoms with E-state index in [1.807, 2.05) is 12.1 Å². The Morgan fingerprint density at radius 3 is 2.83 bits per heavy atom. The highest BCUT2D eigenvalue weighted by molar-refractivity contribution is 6.30. The first-order chi connectivity index (χ1) is 8.74. The van der Waals surface area contributed by atoms with Crippen LogP contribution in [0, 0.1) is 0 Å². The molecule has 5 heteroatoms. The van der Waals surface area contributed by atoms with Crippen LogP contribution < -0.4 is 10.6 Å². The summed E-state index contributed by atoms with van der Waals surface area (Å²) in [5.74, 6) is -0.0274. The van der Waals surface area contributed by atoms with Gasteiger partial charge in [0.25, 0.3) is 0 Å². The van der Waals surface area contributed by atoms with Gasteiger partial charge in [0.2, 0.25) is 5.91 Å². The first-order valence-corrected chi connectivity index (χ1v) is 6.49. The van der Waals surface area contributed by atoms with Crippen molar-refractivity contribution in [2.24, 2.45) is 0 Å². The maximum absolute atomic E-state index is 11.6. The van der Waals surface area contributed by atoms with Gasteiger partial charge in [-0.15, -0.1) is 0 Å². The topological polar surface area (TPSA) is 50.4 Å². The fourth-order valence-corrected chi connectivity index (χ4v) is 1.97. The molecule has 1 aromatic carbocycles. The Hall–Kier alpha value is -1.26. The SMILES string of the molecule is O=C(CNc1ccc(Cl)cc1)NCC1CCCO1. The molecule has 1 fully saturated rings. The first-order valence-electron chi connectivity index (χ1n) is 6.12. The standard InChI is InChI=1S/C13H17ClN2O2/c14-10-3-5-11(6-4-10)15-9-13(17)16-8-12-2-1-7-18-12/h3-6,12,15H,1-2,7-9H2,(H,16,17). The van der Waals surface area contributed by atoms with Crippen molar-refractivity contribution in [3.63, 3.8) is 0 Å². The molecule has 1 saturated heterocycles. The van der Waals surface area contributed by atoms with Crippen LogP contribution in [-0.4, -0.2) is 31.7 Å². The van der Waals surface area contributed by atoms with Crippen LogP contribution in [0.4, 0.5) is 5.69 Å². The van der Waals surface area contributed by atoms with Crippen molar-refractivity contribution >= 4 is 23.2 Å². The molecule has 1 aliphatic rings. The second-order valence-corrected chi connectivity index (χ2v) is 4.74. The van der Waals surface area contributed by atoms with Gasteiger partial charge in [0.05, 0.1) is 12.6 Å². The fraction of sp³-hybridized carbons (Fsp3) is 0.462. The molecule has 1 atom stereocenters. The van der Waals surface area contributed by atoms with E-state index < -0.39 is 0 Å². The number of hydrogen-bond acceptors (Lipinski definition) is 3. The van der Waals surface area contributed by atoms with Gasteiger partial charge in [-0.05, 0) is 37.1 Å². The number of ether oxygens (including phenoxy) is 1. The average Bonchev–Trinajstić information content (AvgIpc) is 2.89. The summed E-state index contributed by atoms with van der Waals surface area (Å²) in [6.07, 6.45) is 2.30. The molecule has 1 amide bonds. The molecule has 98 valence electrons. The molecule has 0 radical (unpaired) electrons. The molecule has 1 aliphatic heterocycles. The monoisotopic (exact) mass is 268 g/mol. The van der Waals surface area contributed by atoms with Crippen LogP contribution in [0.25, 0.3) is 0 Å². The molecule has 1 unspecified atom stereocenters. The minimum absolute atomic E-state index is 0.0274. The highest BCUT2D eigenvalue weighted by Gasteiger charge is 2.15. The van der Waals surface area contributed by atoms with Crippen LogP contribution in [0.5, 0.6) is 0 Å². The lowest BCUT2D eigenvalue weighted by molar-refractivity contribution is -0.119. The third-order valence-electron chi connectivity index (χ3n) is 2.85. The van der Waals surface area contributed by atoms with Gasteiger partial charge in [-0.1, -0.05) is 11.6 Å². The molecule has 0 bridgehead atoms. The molecule has 0 aromatic heterocycles. The number of rotatable bonds is 5. The number of nitrogens with one attached hydrogen (secondary N) is 2. The Kier molecular flexibility index (Phi) is 4.84. The lowest BCUT2D eigenvalue weighted by atomic mass is 10.2. The lowest BCUT2D eigenvalue weighted by Crippen LogP contribution is -2.35. The summed E-state index contributed by atoms with van der Waals surface area (Å²) in [4.78, 5) is 11.6. The van der Waals surface area contributed by atoms with Crippen LogP contribution in [0.3, 0.4) is 0 Å². The van der Waals surface area contributed by atoms with Gasteiger partial charge in [0.15, 0.2) is 0 Å². The second kappa shape index (κ2) is 6.61. The van der Waals surface area contributed by atoms with Crippen LogP contribution in [0.2, 0.25) is 5.02 Å². The van der Waals surface area contributed by atoms with Gasteiger partial charge >= 0.3 is 0 Å². The third kappa shape index (κ3) is 4.20.